The molecule has 1 N–H and O–H groups in total. The van der Waals surface area contributed by atoms with E-state index in [1.807, 2.05) is 20.2 Å². The summed E-state index contributed by atoms with van der Waals surface area (Å²) in [5, 5.41) is 8.86. The van der Waals surface area contributed by atoms with Crippen LogP contribution in [0.15, 0.2) is 18.2 Å². The van der Waals surface area contributed by atoms with Gasteiger partial charge in [-0.25, -0.2) is 0 Å². The summed E-state index contributed by atoms with van der Waals surface area (Å²) >= 11 is 0. The van der Waals surface area contributed by atoms with Crippen molar-refractivity contribution in [1.29, 1.82) is 0 Å². The van der Waals surface area contributed by atoms with E-state index in [1.165, 1.54) is 11.1 Å². The third kappa shape index (κ3) is 3.51. The third-order valence-corrected chi connectivity index (χ3v) is 2.47. The van der Waals surface area contributed by atoms with Gasteiger partial charge in [0.1, 0.15) is 5.75 Å². The first kappa shape index (κ1) is 13.0. The number of methoxy groups -OCH3 is 1. The summed E-state index contributed by atoms with van der Waals surface area (Å²) in [5.74, 6) is 0.963. The van der Waals surface area contributed by atoms with Crippen molar-refractivity contribution < 1.29 is 9.84 Å². The van der Waals surface area contributed by atoms with E-state index in [1.54, 1.807) is 7.11 Å². The maximum Gasteiger partial charge on any atom is 0.126 e. The number of rotatable bonds is 6. The van der Waals surface area contributed by atoms with Crippen LogP contribution in [0.25, 0.3) is 0 Å². The van der Waals surface area contributed by atoms with Crippen LogP contribution < -0.4 is 4.74 Å². The predicted octanol–water partition coefficient (Wildman–Crippen LogP) is 1.68. The van der Waals surface area contributed by atoms with E-state index in [9.17, 15) is 0 Å². The summed E-state index contributed by atoms with van der Waals surface area (Å²) in [6, 6.07) is 6.20. The van der Waals surface area contributed by atoms with Gasteiger partial charge in [-0.3, -0.25) is 0 Å². The number of ether oxygens (including phenoxy) is 1. The molecule has 1 aromatic rings. The summed E-state index contributed by atoms with van der Waals surface area (Å²) in [5.41, 5.74) is 2.37. The molecule has 0 radical (unpaired) electrons. The number of hydrogen-bond donors (Lipinski definition) is 1. The second-order valence-electron chi connectivity index (χ2n) is 4.17. The molecule has 0 heterocycles. The van der Waals surface area contributed by atoms with E-state index in [-0.39, 0.29) is 6.61 Å². The number of aliphatic hydroxyl groups is 1. The highest BCUT2D eigenvalue weighted by molar-refractivity contribution is 5.41. The van der Waals surface area contributed by atoms with Gasteiger partial charge >= 0.3 is 0 Å². The molecule has 0 atom stereocenters. The second-order valence-corrected chi connectivity index (χ2v) is 4.17. The minimum atomic E-state index is 0.223. The van der Waals surface area contributed by atoms with Gasteiger partial charge < -0.3 is 14.7 Å². The Hall–Kier alpha value is -1.06. The monoisotopic (exact) mass is 223 g/mol. The average molecular weight is 223 g/mol. The highest BCUT2D eigenvalue weighted by Gasteiger charge is 2.08. The van der Waals surface area contributed by atoms with E-state index in [4.69, 9.17) is 9.84 Å². The fourth-order valence-electron chi connectivity index (χ4n) is 1.83. The van der Waals surface area contributed by atoms with Crippen LogP contribution in [-0.4, -0.2) is 37.8 Å². The highest BCUT2D eigenvalue weighted by atomic mass is 16.5. The molecule has 16 heavy (non-hydrogen) atoms. The molecular weight excluding hydrogens is 202 g/mol. The average Bonchev–Trinajstić information content (AvgIpc) is 2.25. The number of benzene rings is 1. The van der Waals surface area contributed by atoms with E-state index in [0.29, 0.717) is 0 Å². The smallest absolute Gasteiger partial charge is 0.126 e. The van der Waals surface area contributed by atoms with Gasteiger partial charge in [0.15, 0.2) is 0 Å². The van der Waals surface area contributed by atoms with Crippen LogP contribution in [-0.2, 0) is 13.0 Å². The maximum absolute atomic E-state index is 8.86. The van der Waals surface area contributed by atoms with Gasteiger partial charge in [0.2, 0.25) is 0 Å². The van der Waals surface area contributed by atoms with Crippen molar-refractivity contribution in [2.75, 3.05) is 27.8 Å². The fourth-order valence-corrected chi connectivity index (χ4v) is 1.83. The quantitative estimate of drug-likeness (QED) is 0.796. The molecule has 0 unspecified atom stereocenters. The van der Waals surface area contributed by atoms with Crippen molar-refractivity contribution >= 4 is 0 Å². The molecule has 90 valence electrons. The van der Waals surface area contributed by atoms with Crippen molar-refractivity contribution in [3.63, 3.8) is 0 Å². The normalized spacial score (nSPS) is 10.8. The van der Waals surface area contributed by atoms with Gasteiger partial charge in [-0.1, -0.05) is 18.2 Å². The van der Waals surface area contributed by atoms with Crippen molar-refractivity contribution in [2.24, 2.45) is 0 Å². The van der Waals surface area contributed by atoms with Crippen LogP contribution in [0.4, 0.5) is 0 Å². The van der Waals surface area contributed by atoms with Crippen molar-refractivity contribution in [1.82, 2.24) is 4.90 Å². The lowest BCUT2D eigenvalue weighted by molar-refractivity contribution is 0.287. The molecule has 0 aromatic heterocycles. The number of aryl methyl sites for hydroxylation is 1. The minimum Gasteiger partial charge on any atom is -0.496 e. The summed E-state index contributed by atoms with van der Waals surface area (Å²) in [7, 11) is 5.79. The second kappa shape index (κ2) is 6.51. The third-order valence-electron chi connectivity index (χ3n) is 2.47. The topological polar surface area (TPSA) is 32.7 Å². The largest absolute Gasteiger partial charge is 0.496 e. The molecular formula is C13H21NO2. The van der Waals surface area contributed by atoms with Crippen LogP contribution in [0, 0.1) is 0 Å². The lowest BCUT2D eigenvalue weighted by Crippen LogP contribution is -2.12. The first-order chi connectivity index (χ1) is 7.69. The summed E-state index contributed by atoms with van der Waals surface area (Å²) in [6.45, 7) is 1.09. The molecule has 0 fully saturated rings. The lowest BCUT2D eigenvalue weighted by Gasteiger charge is -2.16. The van der Waals surface area contributed by atoms with Gasteiger partial charge in [0.05, 0.1) is 7.11 Å². The predicted molar refractivity (Wildman–Crippen MR) is 65.8 cm³/mol. The molecule has 1 rings (SSSR count). The first-order valence-electron chi connectivity index (χ1n) is 5.59. The van der Waals surface area contributed by atoms with Gasteiger partial charge in [0, 0.05) is 18.7 Å². The van der Waals surface area contributed by atoms with Crippen LogP contribution >= 0.6 is 0 Å². The van der Waals surface area contributed by atoms with Crippen molar-refractivity contribution in [2.45, 2.75) is 19.4 Å². The summed E-state index contributed by atoms with van der Waals surface area (Å²) < 4.78 is 5.47. The molecule has 0 saturated heterocycles. The zero-order valence-corrected chi connectivity index (χ0v) is 10.4. The summed E-state index contributed by atoms with van der Waals surface area (Å²) in [6.07, 6.45) is 1.64. The van der Waals surface area contributed by atoms with E-state index in [2.05, 4.69) is 17.0 Å². The highest BCUT2D eigenvalue weighted by Crippen LogP contribution is 2.25. The Kier molecular flexibility index (Phi) is 5.29. The minimum absolute atomic E-state index is 0.223. The Bertz CT molecular complexity index is 324. The zero-order valence-electron chi connectivity index (χ0n) is 10.4. The Morgan fingerprint density at radius 3 is 2.50 bits per heavy atom. The van der Waals surface area contributed by atoms with Gasteiger partial charge in [-0.2, -0.15) is 0 Å². The summed E-state index contributed by atoms with van der Waals surface area (Å²) in [4.78, 5) is 2.12. The van der Waals surface area contributed by atoms with Crippen LogP contribution in [0.5, 0.6) is 5.75 Å². The van der Waals surface area contributed by atoms with Crippen LogP contribution in [0.2, 0.25) is 0 Å². The van der Waals surface area contributed by atoms with E-state index >= 15 is 0 Å². The Morgan fingerprint density at radius 2 is 1.94 bits per heavy atom. The Morgan fingerprint density at radius 1 is 1.25 bits per heavy atom. The maximum atomic E-state index is 8.86. The van der Waals surface area contributed by atoms with Gasteiger partial charge in [0.25, 0.3) is 0 Å². The molecule has 0 spiro atoms. The molecule has 1 aromatic carbocycles. The SMILES string of the molecule is COc1c(CCCO)cccc1CN(C)C. The van der Waals surface area contributed by atoms with Crippen molar-refractivity contribution in [3.05, 3.63) is 29.3 Å². The first-order valence-corrected chi connectivity index (χ1v) is 5.59. The molecule has 0 bridgehead atoms. The molecule has 3 nitrogen and oxygen atoms in total. The van der Waals surface area contributed by atoms with Gasteiger partial charge in [-0.15, -0.1) is 0 Å². The Labute approximate surface area is 97.7 Å². The molecule has 0 amide bonds. The molecule has 0 aliphatic rings. The number of nitrogens with zero attached hydrogens (tertiary/aromatic N) is 1. The van der Waals surface area contributed by atoms with E-state index < -0.39 is 0 Å². The standard InChI is InChI=1S/C13H21NO2/c1-14(2)10-12-7-4-6-11(8-5-9-15)13(12)16-3/h4,6-7,15H,5,8-10H2,1-3H3. The van der Waals surface area contributed by atoms with Crippen LogP contribution in [0.1, 0.15) is 17.5 Å². The zero-order chi connectivity index (χ0) is 12.0. The number of hydrogen-bond acceptors (Lipinski definition) is 3. The van der Waals surface area contributed by atoms with E-state index in [0.717, 1.165) is 25.1 Å². The molecule has 3 heteroatoms. The van der Waals surface area contributed by atoms with Crippen LogP contribution in [0.3, 0.4) is 0 Å². The number of para-hydroxylation sites is 1. The molecule has 0 aliphatic carbocycles. The molecule has 0 aliphatic heterocycles. The van der Waals surface area contributed by atoms with Gasteiger partial charge in [-0.05, 0) is 32.5 Å². The number of aliphatic hydroxyl groups excluding tert-OH is 1. The lowest BCUT2D eigenvalue weighted by atomic mass is 10.0. The Balaban J connectivity index is 2.91. The van der Waals surface area contributed by atoms with Crippen molar-refractivity contribution in [3.8, 4) is 5.75 Å². The fraction of sp³-hybridized carbons (Fsp3) is 0.538. The molecule has 0 saturated carbocycles.